The molecule has 3 aromatic rings. The number of ether oxygens (including phenoxy) is 2. The van der Waals surface area contributed by atoms with Crippen molar-refractivity contribution in [3.05, 3.63) is 64.7 Å². The Morgan fingerprint density at radius 2 is 1.79 bits per heavy atom. The molecule has 0 atom stereocenters. The standard InChI is InChI=1S/C23H22F3N3O4S/c1-3-10-33-18-9-6-15(11-19(18)32-2)21(31)29-28-20(30)12-17-13-34-22(27-17)14-4-7-16(8-5-14)23(24,25)26/h4-9,11,13H,3,10,12H2,1-2H3,(H,28,30)(H,29,31). The largest absolute Gasteiger partial charge is 0.493 e. The lowest BCUT2D eigenvalue weighted by atomic mass is 10.1. The Hall–Kier alpha value is -3.60. The summed E-state index contributed by atoms with van der Waals surface area (Å²) in [5, 5.41) is 2.12. The average molecular weight is 494 g/mol. The number of thiazole rings is 1. The van der Waals surface area contributed by atoms with Gasteiger partial charge in [-0.05, 0) is 36.8 Å². The fourth-order valence-electron chi connectivity index (χ4n) is 2.87. The van der Waals surface area contributed by atoms with Gasteiger partial charge in [-0.2, -0.15) is 13.2 Å². The van der Waals surface area contributed by atoms with Gasteiger partial charge < -0.3 is 9.47 Å². The van der Waals surface area contributed by atoms with E-state index < -0.39 is 23.6 Å². The minimum atomic E-state index is -4.41. The number of hydrogen-bond acceptors (Lipinski definition) is 6. The Morgan fingerprint density at radius 3 is 2.44 bits per heavy atom. The molecule has 0 aliphatic heterocycles. The van der Waals surface area contributed by atoms with Crippen molar-refractivity contribution in [3.63, 3.8) is 0 Å². The van der Waals surface area contributed by atoms with Crippen LogP contribution in [0.2, 0.25) is 0 Å². The predicted molar refractivity (Wildman–Crippen MR) is 121 cm³/mol. The third-order valence-corrected chi connectivity index (χ3v) is 5.50. The molecule has 2 aromatic carbocycles. The zero-order valence-electron chi connectivity index (χ0n) is 18.4. The molecule has 1 aromatic heterocycles. The summed E-state index contributed by atoms with van der Waals surface area (Å²) in [7, 11) is 1.46. The van der Waals surface area contributed by atoms with Crippen molar-refractivity contribution in [2.75, 3.05) is 13.7 Å². The van der Waals surface area contributed by atoms with Gasteiger partial charge in [0.15, 0.2) is 11.5 Å². The van der Waals surface area contributed by atoms with Crippen LogP contribution in [-0.4, -0.2) is 30.5 Å². The number of hydrogen-bond donors (Lipinski definition) is 2. The number of hydrazine groups is 1. The fourth-order valence-corrected chi connectivity index (χ4v) is 3.70. The van der Waals surface area contributed by atoms with E-state index in [-0.39, 0.29) is 12.0 Å². The van der Waals surface area contributed by atoms with Crippen molar-refractivity contribution in [2.45, 2.75) is 25.9 Å². The molecule has 0 spiro atoms. The highest BCUT2D eigenvalue weighted by Gasteiger charge is 2.30. The molecular formula is C23H22F3N3O4S. The highest BCUT2D eigenvalue weighted by atomic mass is 32.1. The number of benzene rings is 2. The highest BCUT2D eigenvalue weighted by Crippen LogP contribution is 2.32. The Kier molecular flexibility index (Phi) is 8.11. The lowest BCUT2D eigenvalue weighted by Crippen LogP contribution is -2.42. The summed E-state index contributed by atoms with van der Waals surface area (Å²) >= 11 is 1.20. The zero-order valence-corrected chi connectivity index (χ0v) is 19.2. The number of halogens is 3. The van der Waals surface area contributed by atoms with E-state index in [0.717, 1.165) is 18.6 Å². The number of carbonyl (C=O) groups excluding carboxylic acids is 2. The van der Waals surface area contributed by atoms with Crippen LogP contribution in [0.25, 0.3) is 10.6 Å². The van der Waals surface area contributed by atoms with Crippen molar-refractivity contribution in [1.29, 1.82) is 0 Å². The van der Waals surface area contributed by atoms with Crippen LogP contribution in [0.1, 0.15) is 35.0 Å². The minimum Gasteiger partial charge on any atom is -0.493 e. The number of alkyl halides is 3. The number of aromatic nitrogens is 1. The van der Waals surface area contributed by atoms with Crippen molar-refractivity contribution >= 4 is 23.2 Å². The summed E-state index contributed by atoms with van der Waals surface area (Å²) in [5.41, 5.74) is 5.10. The van der Waals surface area contributed by atoms with Gasteiger partial charge in [0, 0.05) is 16.5 Å². The Bertz CT molecular complexity index is 1150. The molecule has 0 aliphatic rings. The maximum Gasteiger partial charge on any atom is 0.416 e. The number of nitrogens with zero attached hydrogens (tertiary/aromatic N) is 1. The Balaban J connectivity index is 1.55. The second-order valence-electron chi connectivity index (χ2n) is 7.11. The lowest BCUT2D eigenvalue weighted by molar-refractivity contribution is -0.137. The summed E-state index contributed by atoms with van der Waals surface area (Å²) in [6, 6.07) is 9.29. The van der Waals surface area contributed by atoms with Crippen LogP contribution in [-0.2, 0) is 17.4 Å². The molecular weight excluding hydrogens is 471 g/mol. The Labute approximate surface area is 197 Å². The van der Waals surface area contributed by atoms with Gasteiger partial charge in [-0.25, -0.2) is 4.98 Å². The van der Waals surface area contributed by atoms with Crippen LogP contribution < -0.4 is 20.3 Å². The molecule has 1 heterocycles. The van der Waals surface area contributed by atoms with Crippen LogP contribution in [0, 0.1) is 0 Å². The van der Waals surface area contributed by atoms with Crippen molar-refractivity contribution in [2.24, 2.45) is 0 Å². The Morgan fingerprint density at radius 1 is 1.06 bits per heavy atom. The van der Waals surface area contributed by atoms with Gasteiger partial charge in [0.2, 0.25) is 5.91 Å². The lowest BCUT2D eigenvalue weighted by Gasteiger charge is -2.12. The molecule has 2 N–H and O–H groups in total. The van der Waals surface area contributed by atoms with E-state index >= 15 is 0 Å². The number of carbonyl (C=O) groups is 2. The van der Waals surface area contributed by atoms with Crippen molar-refractivity contribution in [3.8, 4) is 22.1 Å². The van der Waals surface area contributed by atoms with Crippen LogP contribution in [0.3, 0.4) is 0 Å². The SMILES string of the molecule is CCCOc1ccc(C(=O)NNC(=O)Cc2csc(-c3ccc(C(F)(F)F)cc3)n2)cc1OC. The summed E-state index contributed by atoms with van der Waals surface area (Å²) in [6.07, 6.45) is -3.71. The first kappa shape index (κ1) is 25.0. The van der Waals surface area contributed by atoms with Crippen LogP contribution >= 0.6 is 11.3 Å². The predicted octanol–water partition coefficient (Wildman–Crippen LogP) is 4.63. The van der Waals surface area contributed by atoms with Gasteiger partial charge in [0.05, 0.1) is 31.4 Å². The summed E-state index contributed by atoms with van der Waals surface area (Å²) in [4.78, 5) is 28.9. The second kappa shape index (κ2) is 11.0. The molecule has 3 rings (SSSR count). The first-order valence-corrected chi connectivity index (χ1v) is 11.1. The van der Waals surface area contributed by atoms with E-state index in [2.05, 4.69) is 15.8 Å². The van der Waals surface area contributed by atoms with Gasteiger partial charge in [-0.3, -0.25) is 20.4 Å². The third-order valence-electron chi connectivity index (χ3n) is 4.56. The first-order valence-electron chi connectivity index (χ1n) is 10.2. The topological polar surface area (TPSA) is 89.6 Å². The second-order valence-corrected chi connectivity index (χ2v) is 7.97. The van der Waals surface area contributed by atoms with E-state index in [9.17, 15) is 22.8 Å². The van der Waals surface area contributed by atoms with Crippen molar-refractivity contribution < 1.29 is 32.2 Å². The molecule has 0 bridgehead atoms. The molecule has 0 aliphatic carbocycles. The number of rotatable bonds is 8. The molecule has 180 valence electrons. The van der Waals surface area contributed by atoms with Gasteiger partial charge in [0.1, 0.15) is 5.01 Å². The molecule has 2 amide bonds. The van der Waals surface area contributed by atoms with E-state index in [1.807, 2.05) is 6.92 Å². The van der Waals surface area contributed by atoms with E-state index in [1.165, 1.54) is 36.6 Å². The van der Waals surface area contributed by atoms with Crippen LogP contribution in [0.15, 0.2) is 47.8 Å². The van der Waals surface area contributed by atoms with E-state index in [0.29, 0.717) is 34.4 Å². The maximum atomic E-state index is 12.7. The van der Waals surface area contributed by atoms with Gasteiger partial charge in [0.25, 0.3) is 5.91 Å². The number of amides is 2. The molecule has 11 heteroatoms. The summed E-state index contributed by atoms with van der Waals surface area (Å²) in [6.45, 7) is 2.48. The monoisotopic (exact) mass is 493 g/mol. The maximum absolute atomic E-state index is 12.7. The van der Waals surface area contributed by atoms with E-state index in [4.69, 9.17) is 9.47 Å². The van der Waals surface area contributed by atoms with Crippen LogP contribution in [0.5, 0.6) is 11.5 Å². The fraction of sp³-hybridized carbons (Fsp3) is 0.261. The average Bonchev–Trinajstić information content (AvgIpc) is 3.29. The van der Waals surface area contributed by atoms with E-state index in [1.54, 1.807) is 17.5 Å². The highest BCUT2D eigenvalue weighted by molar-refractivity contribution is 7.13. The first-order chi connectivity index (χ1) is 16.2. The zero-order chi connectivity index (χ0) is 24.7. The van der Waals surface area contributed by atoms with Gasteiger partial charge in [-0.15, -0.1) is 11.3 Å². The quantitative estimate of drug-likeness (QED) is 0.447. The normalized spacial score (nSPS) is 11.1. The van der Waals surface area contributed by atoms with Gasteiger partial charge in [-0.1, -0.05) is 19.1 Å². The number of methoxy groups -OCH3 is 1. The number of nitrogens with one attached hydrogen (secondary N) is 2. The minimum absolute atomic E-state index is 0.121. The molecule has 7 nitrogen and oxygen atoms in total. The summed E-state index contributed by atoms with van der Waals surface area (Å²) in [5.74, 6) is -0.145. The molecule has 0 fully saturated rings. The van der Waals surface area contributed by atoms with Gasteiger partial charge >= 0.3 is 6.18 Å². The third kappa shape index (κ3) is 6.47. The molecule has 0 unspecified atom stereocenters. The van der Waals surface area contributed by atoms with Crippen LogP contribution in [0.4, 0.5) is 13.2 Å². The van der Waals surface area contributed by atoms with Crippen molar-refractivity contribution in [1.82, 2.24) is 15.8 Å². The molecule has 0 saturated carbocycles. The smallest absolute Gasteiger partial charge is 0.416 e. The molecule has 0 radical (unpaired) electrons. The molecule has 0 saturated heterocycles. The summed E-state index contributed by atoms with van der Waals surface area (Å²) < 4.78 is 48.9. The molecule has 34 heavy (non-hydrogen) atoms.